The Bertz CT molecular complexity index is 335. The maximum absolute atomic E-state index is 11.3. The van der Waals surface area contributed by atoms with Crippen molar-refractivity contribution < 1.29 is 13.0 Å². The molecule has 1 N–H and O–H groups in total. The zero-order chi connectivity index (χ0) is 16.4. The Morgan fingerprint density at radius 1 is 0.857 bits per heavy atom. The Morgan fingerprint density at radius 2 is 1.29 bits per heavy atom. The van der Waals surface area contributed by atoms with E-state index < -0.39 is 10.1 Å². The van der Waals surface area contributed by atoms with Crippen molar-refractivity contribution in [2.24, 2.45) is 11.3 Å². The van der Waals surface area contributed by atoms with Gasteiger partial charge in [-0.1, -0.05) is 79.1 Å². The van der Waals surface area contributed by atoms with Crippen LogP contribution in [0.2, 0.25) is 0 Å². The van der Waals surface area contributed by atoms with Gasteiger partial charge >= 0.3 is 0 Å². The van der Waals surface area contributed by atoms with E-state index in [2.05, 4.69) is 13.8 Å². The van der Waals surface area contributed by atoms with Crippen LogP contribution in [0.4, 0.5) is 0 Å². The second-order valence-corrected chi connectivity index (χ2v) is 8.56. The molecule has 0 aliphatic heterocycles. The molecular formula is C17H36O3S. The van der Waals surface area contributed by atoms with Crippen molar-refractivity contribution in [1.82, 2.24) is 0 Å². The van der Waals surface area contributed by atoms with Crippen molar-refractivity contribution in [2.75, 3.05) is 5.75 Å². The molecule has 0 bridgehead atoms. The van der Waals surface area contributed by atoms with Crippen LogP contribution in [-0.2, 0) is 10.1 Å². The highest BCUT2D eigenvalue weighted by molar-refractivity contribution is 7.85. The SMILES string of the molecule is CCCCCCC(CCCCCC)C(C)(C)CS(=O)(=O)O. The average Bonchev–Trinajstić information content (AvgIpc) is 2.33. The van der Waals surface area contributed by atoms with Gasteiger partial charge in [-0.05, 0) is 24.2 Å². The Hall–Kier alpha value is -0.0900. The van der Waals surface area contributed by atoms with Gasteiger partial charge in [-0.15, -0.1) is 0 Å². The van der Waals surface area contributed by atoms with Crippen molar-refractivity contribution in [3.8, 4) is 0 Å². The molecule has 0 unspecified atom stereocenters. The molecule has 0 radical (unpaired) electrons. The average molecular weight is 321 g/mol. The molecule has 0 amide bonds. The fourth-order valence-electron chi connectivity index (χ4n) is 3.15. The summed E-state index contributed by atoms with van der Waals surface area (Å²) in [6, 6.07) is 0. The molecular weight excluding hydrogens is 284 g/mol. The zero-order valence-corrected chi connectivity index (χ0v) is 15.3. The second-order valence-electron chi connectivity index (χ2n) is 7.11. The third-order valence-electron chi connectivity index (χ3n) is 4.47. The van der Waals surface area contributed by atoms with E-state index in [4.69, 9.17) is 0 Å². The van der Waals surface area contributed by atoms with Crippen molar-refractivity contribution in [3.05, 3.63) is 0 Å². The Labute approximate surface area is 132 Å². The van der Waals surface area contributed by atoms with E-state index in [9.17, 15) is 13.0 Å². The third-order valence-corrected chi connectivity index (χ3v) is 5.58. The van der Waals surface area contributed by atoms with Gasteiger partial charge in [-0.3, -0.25) is 4.55 Å². The first-order chi connectivity index (χ1) is 9.73. The molecule has 0 aromatic heterocycles. The molecule has 0 fully saturated rings. The molecule has 0 saturated heterocycles. The normalized spacial score (nSPS) is 13.0. The Morgan fingerprint density at radius 3 is 1.62 bits per heavy atom. The van der Waals surface area contributed by atoms with Crippen LogP contribution in [-0.4, -0.2) is 18.7 Å². The topological polar surface area (TPSA) is 54.4 Å². The van der Waals surface area contributed by atoms with Crippen molar-refractivity contribution in [1.29, 1.82) is 0 Å². The highest BCUT2D eigenvalue weighted by Crippen LogP contribution is 2.36. The van der Waals surface area contributed by atoms with Crippen LogP contribution >= 0.6 is 0 Å². The van der Waals surface area contributed by atoms with Gasteiger partial charge in [0.05, 0.1) is 5.75 Å². The van der Waals surface area contributed by atoms with E-state index in [1.54, 1.807) is 0 Å². The van der Waals surface area contributed by atoms with E-state index in [0.29, 0.717) is 5.92 Å². The summed E-state index contributed by atoms with van der Waals surface area (Å²) in [5.74, 6) is 0.264. The van der Waals surface area contributed by atoms with Crippen LogP contribution in [0.25, 0.3) is 0 Å². The molecule has 128 valence electrons. The van der Waals surface area contributed by atoms with Gasteiger partial charge < -0.3 is 0 Å². The summed E-state index contributed by atoms with van der Waals surface area (Å²) < 4.78 is 31.7. The lowest BCUT2D eigenvalue weighted by Gasteiger charge is -2.34. The fraction of sp³-hybridized carbons (Fsp3) is 1.00. The number of rotatable bonds is 13. The van der Waals surface area contributed by atoms with Crippen LogP contribution in [0.3, 0.4) is 0 Å². The first kappa shape index (κ1) is 20.9. The standard InChI is InChI=1S/C17H36O3S/c1-5-7-9-11-13-16(14-12-10-8-6-2)17(3,4)15-21(18,19)20/h16H,5-15H2,1-4H3,(H,18,19,20). The van der Waals surface area contributed by atoms with Crippen LogP contribution < -0.4 is 0 Å². The molecule has 0 aliphatic rings. The predicted octanol–water partition coefficient (Wildman–Crippen LogP) is 5.46. The molecule has 21 heavy (non-hydrogen) atoms. The quantitative estimate of drug-likeness (QED) is 0.362. The summed E-state index contributed by atoms with van der Waals surface area (Å²) in [4.78, 5) is 0. The molecule has 0 aliphatic carbocycles. The molecule has 3 nitrogen and oxygen atoms in total. The third kappa shape index (κ3) is 11.2. The van der Waals surface area contributed by atoms with Crippen LogP contribution in [0.5, 0.6) is 0 Å². The van der Waals surface area contributed by atoms with Crippen LogP contribution in [0, 0.1) is 11.3 Å². The van der Waals surface area contributed by atoms with E-state index in [0.717, 1.165) is 12.8 Å². The van der Waals surface area contributed by atoms with Gasteiger partial charge in [0.15, 0.2) is 0 Å². The molecule has 0 heterocycles. The summed E-state index contributed by atoms with van der Waals surface area (Å²) in [6.45, 7) is 8.38. The Balaban J connectivity index is 4.52. The highest BCUT2D eigenvalue weighted by Gasteiger charge is 2.32. The monoisotopic (exact) mass is 320 g/mol. The Kier molecular flexibility index (Phi) is 10.6. The minimum Gasteiger partial charge on any atom is -0.286 e. The van der Waals surface area contributed by atoms with Gasteiger partial charge in [-0.2, -0.15) is 8.42 Å². The van der Waals surface area contributed by atoms with Crippen LogP contribution in [0.15, 0.2) is 0 Å². The van der Waals surface area contributed by atoms with Gasteiger partial charge in [0, 0.05) is 0 Å². The molecule has 0 aromatic rings. The van der Waals surface area contributed by atoms with Crippen molar-refractivity contribution in [3.63, 3.8) is 0 Å². The molecule has 0 spiro atoms. The van der Waals surface area contributed by atoms with Gasteiger partial charge in [0.1, 0.15) is 0 Å². The lowest BCUT2D eigenvalue weighted by molar-refractivity contribution is 0.200. The maximum Gasteiger partial charge on any atom is 0.265 e. The van der Waals surface area contributed by atoms with E-state index in [-0.39, 0.29) is 11.2 Å². The smallest absolute Gasteiger partial charge is 0.265 e. The summed E-state index contributed by atoms with van der Waals surface area (Å²) in [6.07, 6.45) is 11.9. The lowest BCUT2D eigenvalue weighted by Crippen LogP contribution is -2.32. The summed E-state index contributed by atoms with van der Waals surface area (Å²) in [5, 5.41) is 0. The molecule has 0 saturated carbocycles. The van der Waals surface area contributed by atoms with Crippen LogP contribution in [0.1, 0.15) is 91.9 Å². The summed E-state index contributed by atoms with van der Waals surface area (Å²) >= 11 is 0. The first-order valence-electron chi connectivity index (χ1n) is 8.68. The van der Waals surface area contributed by atoms with Gasteiger partial charge in [0.2, 0.25) is 0 Å². The summed E-state index contributed by atoms with van der Waals surface area (Å²) in [5.41, 5.74) is -0.341. The highest BCUT2D eigenvalue weighted by atomic mass is 32.2. The second kappa shape index (κ2) is 10.6. The first-order valence-corrected chi connectivity index (χ1v) is 10.3. The van der Waals surface area contributed by atoms with Crippen molar-refractivity contribution in [2.45, 2.75) is 91.9 Å². The predicted molar refractivity (Wildman–Crippen MR) is 91.2 cm³/mol. The lowest BCUT2D eigenvalue weighted by atomic mass is 9.75. The summed E-state index contributed by atoms with van der Waals surface area (Å²) in [7, 11) is -3.90. The largest absolute Gasteiger partial charge is 0.286 e. The minimum atomic E-state index is -3.90. The minimum absolute atomic E-state index is 0.119. The molecule has 0 aromatic carbocycles. The maximum atomic E-state index is 11.3. The van der Waals surface area contributed by atoms with Crippen molar-refractivity contribution >= 4 is 10.1 Å². The van der Waals surface area contributed by atoms with E-state index in [1.165, 1.54) is 51.4 Å². The fourth-order valence-corrected chi connectivity index (χ4v) is 4.32. The molecule has 0 rings (SSSR count). The number of hydrogen-bond acceptors (Lipinski definition) is 2. The van der Waals surface area contributed by atoms with Gasteiger partial charge in [-0.25, -0.2) is 0 Å². The van der Waals surface area contributed by atoms with Gasteiger partial charge in [0.25, 0.3) is 10.1 Å². The molecule has 0 atom stereocenters. The van der Waals surface area contributed by atoms with E-state index in [1.807, 2.05) is 13.8 Å². The number of hydrogen-bond donors (Lipinski definition) is 1. The number of unbranched alkanes of at least 4 members (excludes halogenated alkanes) is 6. The molecule has 4 heteroatoms. The zero-order valence-electron chi connectivity index (χ0n) is 14.5. The van der Waals surface area contributed by atoms with E-state index >= 15 is 0 Å².